The second-order valence-electron chi connectivity index (χ2n) is 8.32. The highest BCUT2D eigenvalue weighted by Gasteiger charge is 2.22. The zero-order chi connectivity index (χ0) is 22.8. The molecule has 32 heavy (non-hydrogen) atoms. The number of H-pyrrole nitrogens is 1. The highest BCUT2D eigenvalue weighted by molar-refractivity contribution is 5.95. The van der Waals surface area contributed by atoms with Crippen LogP contribution in [0.3, 0.4) is 0 Å². The molecule has 2 amide bonds. The van der Waals surface area contributed by atoms with Crippen molar-refractivity contribution in [1.29, 1.82) is 0 Å². The molecule has 2 aromatic heterocycles. The number of benzene rings is 1. The Kier molecular flexibility index (Phi) is 6.07. The smallest absolute Gasteiger partial charge is 0.266 e. The topological polar surface area (TPSA) is 108 Å². The van der Waals surface area contributed by atoms with Crippen molar-refractivity contribution in [3.8, 4) is 0 Å². The number of rotatable bonds is 5. The van der Waals surface area contributed by atoms with Crippen LogP contribution in [-0.2, 0) is 16.0 Å². The number of aromatic amines is 1. The number of carbonyl (C=O) groups excluding carboxylic acids is 2. The van der Waals surface area contributed by atoms with Gasteiger partial charge in [0.05, 0.1) is 12.1 Å². The van der Waals surface area contributed by atoms with Gasteiger partial charge in [0.15, 0.2) is 5.65 Å². The van der Waals surface area contributed by atoms with Crippen LogP contribution in [0.1, 0.15) is 49.1 Å². The molecular weight excluding hydrogens is 413 g/mol. The number of nitrogens with zero attached hydrogens (tertiary/aromatic N) is 2. The van der Waals surface area contributed by atoms with Crippen molar-refractivity contribution in [2.75, 3.05) is 10.6 Å². The lowest BCUT2D eigenvalue weighted by molar-refractivity contribution is -0.120. The molecule has 0 spiro atoms. The maximum Gasteiger partial charge on any atom is 0.266 e. The van der Waals surface area contributed by atoms with Gasteiger partial charge in [-0.15, -0.1) is 0 Å². The van der Waals surface area contributed by atoms with Gasteiger partial charge >= 0.3 is 0 Å². The number of carbonyl (C=O) groups is 2. The third kappa shape index (κ3) is 4.56. The molecule has 168 valence electrons. The molecule has 0 bridgehead atoms. The van der Waals surface area contributed by atoms with E-state index in [1.807, 2.05) is 0 Å². The van der Waals surface area contributed by atoms with E-state index in [9.17, 15) is 18.8 Å². The molecule has 3 aromatic rings. The van der Waals surface area contributed by atoms with Crippen LogP contribution in [0.4, 0.5) is 15.8 Å². The Morgan fingerprint density at radius 3 is 2.66 bits per heavy atom. The Morgan fingerprint density at radius 1 is 1.16 bits per heavy atom. The molecule has 1 aromatic carbocycles. The Morgan fingerprint density at radius 2 is 1.91 bits per heavy atom. The number of aryl methyl sites for hydroxylation is 2. The molecule has 0 saturated heterocycles. The predicted octanol–water partition coefficient (Wildman–Crippen LogP) is 3.48. The van der Waals surface area contributed by atoms with Crippen LogP contribution in [0.15, 0.2) is 29.1 Å². The van der Waals surface area contributed by atoms with E-state index in [1.165, 1.54) is 24.3 Å². The van der Waals surface area contributed by atoms with Crippen LogP contribution >= 0.6 is 0 Å². The van der Waals surface area contributed by atoms with Gasteiger partial charge in [0.25, 0.3) is 5.56 Å². The zero-order valence-corrected chi connectivity index (χ0v) is 18.1. The molecule has 9 heteroatoms. The van der Waals surface area contributed by atoms with Gasteiger partial charge in [0.2, 0.25) is 11.8 Å². The van der Waals surface area contributed by atoms with E-state index in [4.69, 9.17) is 0 Å². The monoisotopic (exact) mass is 439 g/mol. The van der Waals surface area contributed by atoms with Gasteiger partial charge in [-0.3, -0.25) is 19.5 Å². The SMILES string of the molecule is Cc1nc2cc(=O)[nH]n2c(C)c1CC(=O)Nc1ccc(F)c(NC(=O)C2CCCCC2)c1. The molecule has 4 rings (SSSR count). The Balaban J connectivity index is 1.48. The number of fused-ring (bicyclic) bond motifs is 1. The molecule has 1 saturated carbocycles. The van der Waals surface area contributed by atoms with Gasteiger partial charge in [-0.2, -0.15) is 0 Å². The number of anilines is 2. The van der Waals surface area contributed by atoms with Gasteiger partial charge in [0.1, 0.15) is 5.82 Å². The van der Waals surface area contributed by atoms with E-state index in [0.29, 0.717) is 28.3 Å². The van der Waals surface area contributed by atoms with Gasteiger partial charge < -0.3 is 10.6 Å². The van der Waals surface area contributed by atoms with Gasteiger partial charge in [-0.05, 0) is 44.9 Å². The third-order valence-electron chi connectivity index (χ3n) is 6.02. The first kappa shape index (κ1) is 21.7. The maximum atomic E-state index is 14.3. The van der Waals surface area contributed by atoms with Crippen molar-refractivity contribution >= 4 is 28.8 Å². The average molecular weight is 439 g/mol. The van der Waals surface area contributed by atoms with Crippen molar-refractivity contribution in [3.05, 3.63) is 57.4 Å². The van der Waals surface area contributed by atoms with E-state index in [1.54, 1.807) is 18.4 Å². The quantitative estimate of drug-likeness (QED) is 0.566. The minimum atomic E-state index is -0.551. The van der Waals surface area contributed by atoms with Gasteiger partial charge in [0, 0.05) is 34.6 Å². The first-order chi connectivity index (χ1) is 15.3. The lowest BCUT2D eigenvalue weighted by Crippen LogP contribution is -2.25. The summed E-state index contributed by atoms with van der Waals surface area (Å²) in [5, 5.41) is 8.09. The molecule has 2 heterocycles. The van der Waals surface area contributed by atoms with Crippen LogP contribution in [0.5, 0.6) is 0 Å². The molecule has 8 nitrogen and oxygen atoms in total. The summed E-state index contributed by atoms with van der Waals surface area (Å²) in [7, 11) is 0. The normalized spacial score (nSPS) is 14.5. The van der Waals surface area contributed by atoms with Crippen LogP contribution in [0.2, 0.25) is 0 Å². The first-order valence-electron chi connectivity index (χ1n) is 10.8. The summed E-state index contributed by atoms with van der Waals surface area (Å²) >= 11 is 0. The van der Waals surface area contributed by atoms with Crippen LogP contribution in [0, 0.1) is 25.6 Å². The summed E-state index contributed by atoms with van der Waals surface area (Å²) in [4.78, 5) is 41.2. The number of nitrogens with one attached hydrogen (secondary N) is 3. The molecule has 1 fully saturated rings. The fourth-order valence-corrected chi connectivity index (χ4v) is 4.28. The summed E-state index contributed by atoms with van der Waals surface area (Å²) in [6, 6.07) is 5.50. The van der Waals surface area contributed by atoms with Crippen molar-refractivity contribution in [3.63, 3.8) is 0 Å². The molecule has 0 unspecified atom stereocenters. The standard InChI is InChI=1S/C23H26FN5O3/c1-13-17(14(2)29-20(25-13)12-22(31)28-29)11-21(30)26-16-8-9-18(24)19(10-16)27-23(32)15-6-4-3-5-7-15/h8-10,12,15H,3-7,11H2,1-2H3,(H,26,30)(H,27,32)(H,28,31). The fourth-order valence-electron chi connectivity index (χ4n) is 4.28. The largest absolute Gasteiger partial charge is 0.326 e. The van der Waals surface area contributed by atoms with E-state index in [0.717, 1.165) is 32.1 Å². The Bertz CT molecular complexity index is 1240. The third-order valence-corrected chi connectivity index (χ3v) is 6.02. The number of hydrogen-bond donors (Lipinski definition) is 3. The molecule has 0 radical (unpaired) electrons. The minimum absolute atomic E-state index is 0.0297. The predicted molar refractivity (Wildman–Crippen MR) is 119 cm³/mol. The van der Waals surface area contributed by atoms with Crippen molar-refractivity contribution < 1.29 is 14.0 Å². The highest BCUT2D eigenvalue weighted by atomic mass is 19.1. The van der Waals surface area contributed by atoms with Crippen molar-refractivity contribution in [1.82, 2.24) is 14.6 Å². The number of halogens is 1. The molecule has 0 atom stereocenters. The zero-order valence-electron chi connectivity index (χ0n) is 18.1. The molecule has 0 aliphatic heterocycles. The summed E-state index contributed by atoms with van der Waals surface area (Å²) < 4.78 is 15.8. The highest BCUT2D eigenvalue weighted by Crippen LogP contribution is 2.27. The lowest BCUT2D eigenvalue weighted by atomic mass is 9.88. The van der Waals surface area contributed by atoms with Crippen LogP contribution < -0.4 is 16.2 Å². The van der Waals surface area contributed by atoms with Gasteiger partial charge in [-0.1, -0.05) is 19.3 Å². The van der Waals surface area contributed by atoms with Crippen LogP contribution in [-0.4, -0.2) is 26.4 Å². The second kappa shape index (κ2) is 8.94. The Hall–Kier alpha value is -3.49. The number of aromatic nitrogens is 3. The number of amides is 2. The Labute approximate surface area is 184 Å². The van der Waals surface area contributed by atoms with Crippen molar-refractivity contribution in [2.45, 2.75) is 52.4 Å². The lowest BCUT2D eigenvalue weighted by Gasteiger charge is -2.21. The minimum Gasteiger partial charge on any atom is -0.326 e. The van der Waals surface area contributed by atoms with E-state index < -0.39 is 5.82 Å². The van der Waals surface area contributed by atoms with Crippen molar-refractivity contribution in [2.24, 2.45) is 5.92 Å². The van der Waals surface area contributed by atoms with Gasteiger partial charge in [-0.25, -0.2) is 13.9 Å². The molecular formula is C23H26FN5O3. The summed E-state index contributed by atoms with van der Waals surface area (Å²) in [6.45, 7) is 3.58. The van der Waals surface area contributed by atoms with E-state index in [-0.39, 0.29) is 35.4 Å². The van der Waals surface area contributed by atoms with Crippen LogP contribution in [0.25, 0.3) is 5.65 Å². The molecule has 1 aliphatic carbocycles. The van der Waals surface area contributed by atoms with E-state index in [2.05, 4.69) is 20.7 Å². The second-order valence-corrected chi connectivity index (χ2v) is 8.32. The maximum absolute atomic E-state index is 14.3. The summed E-state index contributed by atoms with van der Waals surface area (Å²) in [6.07, 6.45) is 4.80. The summed E-state index contributed by atoms with van der Waals surface area (Å²) in [5.74, 6) is -1.15. The molecule has 3 N–H and O–H groups in total. The van der Waals surface area contributed by atoms with E-state index >= 15 is 0 Å². The molecule has 1 aliphatic rings. The summed E-state index contributed by atoms with van der Waals surface area (Å²) in [5.41, 5.74) is 2.71. The fraction of sp³-hybridized carbons (Fsp3) is 0.391. The average Bonchev–Trinajstić information content (AvgIpc) is 3.14. The number of hydrogen-bond acceptors (Lipinski definition) is 4. The first-order valence-corrected chi connectivity index (χ1v) is 10.8.